The highest BCUT2D eigenvalue weighted by molar-refractivity contribution is 6.00. The van der Waals surface area contributed by atoms with E-state index in [1.807, 2.05) is 0 Å². The van der Waals surface area contributed by atoms with Gasteiger partial charge >= 0.3 is 0 Å². The third-order valence-corrected chi connectivity index (χ3v) is 5.84. The van der Waals surface area contributed by atoms with Crippen LogP contribution in [-0.2, 0) is 4.79 Å². The maximum absolute atomic E-state index is 13.6. The van der Waals surface area contributed by atoms with Crippen LogP contribution in [0.2, 0.25) is 0 Å². The van der Waals surface area contributed by atoms with Crippen LogP contribution < -0.4 is 10.2 Å². The van der Waals surface area contributed by atoms with Crippen LogP contribution in [0.4, 0.5) is 10.1 Å². The number of anilines is 1. The molecule has 0 bridgehead atoms. The van der Waals surface area contributed by atoms with Gasteiger partial charge in [0.2, 0.25) is 5.91 Å². The van der Waals surface area contributed by atoms with Crippen molar-refractivity contribution in [3.8, 4) is 0 Å². The number of aliphatic hydroxyl groups excluding tert-OH is 1. The molecular weight excluding hydrogens is 361 g/mol. The van der Waals surface area contributed by atoms with Crippen molar-refractivity contribution >= 4 is 17.5 Å². The molecule has 28 heavy (non-hydrogen) atoms. The van der Waals surface area contributed by atoms with Crippen molar-refractivity contribution in [1.29, 1.82) is 0 Å². The molecule has 2 amide bonds. The number of rotatable bonds is 3. The minimum atomic E-state index is -0.714. The molecule has 1 spiro atoms. The van der Waals surface area contributed by atoms with E-state index in [-0.39, 0.29) is 23.3 Å². The van der Waals surface area contributed by atoms with Crippen LogP contribution in [0, 0.1) is 11.2 Å². The maximum Gasteiger partial charge on any atom is 0.270 e. The number of pyridine rings is 1. The minimum absolute atomic E-state index is 0.0675. The number of carbonyl (C=O) groups excluding carboxylic acids is 2. The van der Waals surface area contributed by atoms with Crippen LogP contribution in [0.5, 0.6) is 0 Å². The molecule has 6 nitrogen and oxygen atoms in total. The molecule has 2 aromatic rings. The van der Waals surface area contributed by atoms with Gasteiger partial charge in [-0.3, -0.25) is 14.6 Å². The molecule has 1 aliphatic heterocycles. The zero-order chi connectivity index (χ0) is 19.7. The van der Waals surface area contributed by atoms with Gasteiger partial charge in [0.25, 0.3) is 5.91 Å². The Labute approximate surface area is 162 Å². The van der Waals surface area contributed by atoms with Crippen molar-refractivity contribution in [2.75, 3.05) is 11.4 Å². The molecule has 4 rings (SSSR count). The predicted octanol–water partition coefficient (Wildman–Crippen LogP) is 2.29. The standard InChI is InChI=1S/C21H22FN3O3/c22-14-4-3-5-15(12-14)25-11-9-21(20(25)28)8-7-18(26)17(13-21)24-19(27)16-6-1-2-10-23-16/h1-6,10,12,17-18,26H,7-9,11,13H2,(H,24,27). The van der Waals surface area contributed by atoms with E-state index in [1.165, 1.54) is 18.3 Å². The molecule has 2 heterocycles. The predicted molar refractivity (Wildman–Crippen MR) is 101 cm³/mol. The second-order valence-corrected chi connectivity index (χ2v) is 7.57. The molecule has 2 aliphatic rings. The molecule has 1 saturated carbocycles. The second kappa shape index (κ2) is 7.31. The number of nitrogens with one attached hydrogen (secondary N) is 1. The van der Waals surface area contributed by atoms with E-state index >= 15 is 0 Å². The lowest BCUT2D eigenvalue weighted by atomic mass is 9.70. The lowest BCUT2D eigenvalue weighted by Crippen LogP contribution is -2.52. The van der Waals surface area contributed by atoms with Crippen LogP contribution in [0.3, 0.4) is 0 Å². The molecular formula is C21H22FN3O3. The van der Waals surface area contributed by atoms with Gasteiger partial charge < -0.3 is 15.3 Å². The number of aliphatic hydroxyl groups is 1. The molecule has 7 heteroatoms. The summed E-state index contributed by atoms with van der Waals surface area (Å²) in [7, 11) is 0. The number of halogens is 1. The van der Waals surface area contributed by atoms with Gasteiger partial charge in [0.15, 0.2) is 0 Å². The summed E-state index contributed by atoms with van der Waals surface area (Å²) in [4.78, 5) is 31.3. The van der Waals surface area contributed by atoms with Gasteiger partial charge in [-0.2, -0.15) is 0 Å². The molecule has 0 radical (unpaired) electrons. The van der Waals surface area contributed by atoms with Crippen molar-refractivity contribution in [2.45, 2.75) is 37.8 Å². The monoisotopic (exact) mass is 383 g/mol. The van der Waals surface area contributed by atoms with E-state index in [2.05, 4.69) is 10.3 Å². The Morgan fingerprint density at radius 1 is 1.25 bits per heavy atom. The molecule has 146 valence electrons. The zero-order valence-corrected chi connectivity index (χ0v) is 15.3. The summed E-state index contributed by atoms with van der Waals surface area (Å²) in [6.07, 6.45) is 2.77. The summed E-state index contributed by atoms with van der Waals surface area (Å²) < 4.78 is 13.6. The topological polar surface area (TPSA) is 82.5 Å². The third-order valence-electron chi connectivity index (χ3n) is 5.84. The average molecular weight is 383 g/mol. The number of carbonyl (C=O) groups is 2. The van der Waals surface area contributed by atoms with Crippen LogP contribution in [0.1, 0.15) is 36.2 Å². The van der Waals surface area contributed by atoms with Crippen molar-refractivity contribution in [3.05, 3.63) is 60.2 Å². The highest BCUT2D eigenvalue weighted by Gasteiger charge is 2.51. The first-order chi connectivity index (χ1) is 13.5. The van der Waals surface area contributed by atoms with Crippen molar-refractivity contribution in [1.82, 2.24) is 10.3 Å². The van der Waals surface area contributed by atoms with Gasteiger partial charge in [0, 0.05) is 18.4 Å². The maximum atomic E-state index is 13.6. The number of nitrogens with zero attached hydrogens (tertiary/aromatic N) is 2. The van der Waals surface area contributed by atoms with E-state index in [9.17, 15) is 19.1 Å². The summed E-state index contributed by atoms with van der Waals surface area (Å²) in [6, 6.07) is 10.5. The molecule has 1 aromatic heterocycles. The van der Waals surface area contributed by atoms with Gasteiger partial charge in [-0.15, -0.1) is 0 Å². The fraction of sp³-hybridized carbons (Fsp3) is 0.381. The normalized spacial score (nSPS) is 27.2. The molecule has 2 N–H and O–H groups in total. The van der Waals surface area contributed by atoms with Crippen LogP contribution in [0.15, 0.2) is 48.7 Å². The first-order valence-corrected chi connectivity index (χ1v) is 9.46. The molecule has 1 aromatic carbocycles. The van der Waals surface area contributed by atoms with Crippen LogP contribution >= 0.6 is 0 Å². The Morgan fingerprint density at radius 3 is 2.86 bits per heavy atom. The Kier molecular flexibility index (Phi) is 4.85. The molecule has 1 saturated heterocycles. The van der Waals surface area contributed by atoms with Crippen LogP contribution in [-0.4, -0.2) is 40.6 Å². The van der Waals surface area contributed by atoms with E-state index < -0.39 is 17.6 Å². The number of hydrogen-bond acceptors (Lipinski definition) is 4. The van der Waals surface area contributed by atoms with Crippen LogP contribution in [0.25, 0.3) is 0 Å². The Bertz CT molecular complexity index is 891. The SMILES string of the molecule is O=C(NC1CC2(CCC1O)CCN(c1cccc(F)c1)C2=O)c1ccccn1. The summed E-state index contributed by atoms with van der Waals surface area (Å²) in [6.45, 7) is 0.499. The second-order valence-electron chi connectivity index (χ2n) is 7.57. The number of benzene rings is 1. The fourth-order valence-corrected chi connectivity index (χ4v) is 4.30. The molecule has 3 atom stereocenters. The summed E-state index contributed by atoms with van der Waals surface area (Å²) in [5.41, 5.74) is 0.170. The summed E-state index contributed by atoms with van der Waals surface area (Å²) in [5, 5.41) is 13.2. The lowest BCUT2D eigenvalue weighted by molar-refractivity contribution is -0.129. The first kappa shape index (κ1) is 18.6. The largest absolute Gasteiger partial charge is 0.391 e. The average Bonchev–Trinajstić information content (AvgIpc) is 3.01. The molecule has 3 unspecified atom stereocenters. The lowest BCUT2D eigenvalue weighted by Gasteiger charge is -2.39. The van der Waals surface area contributed by atoms with Gasteiger partial charge in [0.05, 0.1) is 17.6 Å². The van der Waals surface area contributed by atoms with Gasteiger partial charge in [-0.25, -0.2) is 4.39 Å². The van der Waals surface area contributed by atoms with Gasteiger partial charge in [-0.05, 0) is 56.0 Å². The van der Waals surface area contributed by atoms with Gasteiger partial charge in [-0.1, -0.05) is 12.1 Å². The summed E-state index contributed by atoms with van der Waals surface area (Å²) in [5.74, 6) is -0.818. The minimum Gasteiger partial charge on any atom is -0.391 e. The smallest absolute Gasteiger partial charge is 0.270 e. The Morgan fingerprint density at radius 2 is 2.11 bits per heavy atom. The van der Waals surface area contributed by atoms with Gasteiger partial charge in [0.1, 0.15) is 11.5 Å². The molecule has 1 aliphatic carbocycles. The fourth-order valence-electron chi connectivity index (χ4n) is 4.30. The van der Waals surface area contributed by atoms with Crippen molar-refractivity contribution < 1.29 is 19.1 Å². The van der Waals surface area contributed by atoms with Crippen molar-refractivity contribution in [2.24, 2.45) is 5.41 Å². The third kappa shape index (κ3) is 3.38. The first-order valence-electron chi connectivity index (χ1n) is 9.46. The number of aromatic nitrogens is 1. The quantitative estimate of drug-likeness (QED) is 0.852. The number of hydrogen-bond donors (Lipinski definition) is 2. The Balaban J connectivity index is 1.51. The van der Waals surface area contributed by atoms with E-state index in [0.29, 0.717) is 37.9 Å². The molecule has 2 fully saturated rings. The Hall–Kier alpha value is -2.80. The highest BCUT2D eigenvalue weighted by atomic mass is 19.1. The van der Waals surface area contributed by atoms with E-state index in [1.54, 1.807) is 35.2 Å². The summed E-state index contributed by atoms with van der Waals surface area (Å²) >= 11 is 0. The van der Waals surface area contributed by atoms with E-state index in [4.69, 9.17) is 0 Å². The number of amides is 2. The highest BCUT2D eigenvalue weighted by Crippen LogP contribution is 2.46. The van der Waals surface area contributed by atoms with E-state index in [0.717, 1.165) is 0 Å². The zero-order valence-electron chi connectivity index (χ0n) is 15.3. The van der Waals surface area contributed by atoms with Crippen molar-refractivity contribution in [3.63, 3.8) is 0 Å².